The highest BCUT2D eigenvalue weighted by molar-refractivity contribution is 5.96. The number of H-pyrrole nitrogens is 1. The van der Waals surface area contributed by atoms with E-state index < -0.39 is 10.8 Å². The Bertz CT molecular complexity index is 1740. The number of carbonyl (C=O) groups is 1. The van der Waals surface area contributed by atoms with Crippen LogP contribution < -0.4 is 5.32 Å². The largest absolute Gasteiger partial charge is 0.293 e. The molecule has 8 rings (SSSR count). The number of hydrogen-bond acceptors (Lipinski definition) is 5. The number of rotatable bonds is 4. The summed E-state index contributed by atoms with van der Waals surface area (Å²) in [5, 5.41) is 20.8. The summed E-state index contributed by atoms with van der Waals surface area (Å²) in [5.41, 5.74) is 5.22. The summed E-state index contributed by atoms with van der Waals surface area (Å²) in [5.74, 6) is 0.378. The normalized spacial score (nSPS) is 22.4. The molecule has 0 aliphatic heterocycles. The number of pyridine rings is 1. The molecule has 3 aliphatic rings. The first-order valence-electron chi connectivity index (χ1n) is 12.9. The van der Waals surface area contributed by atoms with E-state index in [-0.39, 0.29) is 17.8 Å². The van der Waals surface area contributed by atoms with Crippen molar-refractivity contribution in [2.24, 2.45) is 5.41 Å². The van der Waals surface area contributed by atoms with Crippen molar-refractivity contribution >= 4 is 11.9 Å². The number of carbonyl (C=O) groups excluding carboxylic acids is 1. The van der Waals surface area contributed by atoms with Crippen molar-refractivity contribution in [1.82, 2.24) is 20.2 Å². The van der Waals surface area contributed by atoms with Crippen LogP contribution in [-0.4, -0.2) is 26.1 Å². The Morgan fingerprint density at radius 1 is 0.923 bits per heavy atom. The van der Waals surface area contributed by atoms with E-state index in [0.29, 0.717) is 12.2 Å². The number of amides is 1. The van der Waals surface area contributed by atoms with Crippen molar-refractivity contribution in [3.05, 3.63) is 120 Å². The Balaban J connectivity index is 1.23. The Morgan fingerprint density at radius 3 is 2.28 bits per heavy atom. The third-order valence-electron chi connectivity index (χ3n) is 8.30. The minimum Gasteiger partial charge on any atom is -0.293 e. The summed E-state index contributed by atoms with van der Waals surface area (Å²) in [6, 6.07) is 30.5. The van der Waals surface area contributed by atoms with Crippen molar-refractivity contribution < 1.29 is 4.79 Å². The lowest BCUT2D eigenvalue weighted by Crippen LogP contribution is -2.53. The molecule has 0 saturated carbocycles. The van der Waals surface area contributed by atoms with Gasteiger partial charge in [-0.05, 0) is 64.9 Å². The molecule has 2 bridgehead atoms. The molecule has 0 saturated heterocycles. The number of nitrogens with zero attached hydrogens (tertiary/aromatic N) is 4. The van der Waals surface area contributed by atoms with Gasteiger partial charge >= 0.3 is 0 Å². The van der Waals surface area contributed by atoms with E-state index in [2.05, 4.69) is 31.6 Å². The zero-order valence-corrected chi connectivity index (χ0v) is 21.2. The van der Waals surface area contributed by atoms with E-state index in [0.717, 1.165) is 38.9 Å². The molecule has 1 unspecified atom stereocenters. The van der Waals surface area contributed by atoms with Gasteiger partial charge in [0.2, 0.25) is 11.9 Å². The highest BCUT2D eigenvalue weighted by Crippen LogP contribution is 2.63. The fraction of sp³-hybridized carbons (Fsp3) is 0.156. The smallest absolute Gasteiger partial charge is 0.249 e. The van der Waals surface area contributed by atoms with Gasteiger partial charge in [-0.3, -0.25) is 20.2 Å². The van der Waals surface area contributed by atoms with Gasteiger partial charge in [0.25, 0.3) is 0 Å². The number of hydrogen-bond donors (Lipinski definition) is 2. The lowest BCUT2D eigenvalue weighted by Gasteiger charge is -2.54. The lowest BCUT2D eigenvalue weighted by molar-refractivity contribution is -0.127. The van der Waals surface area contributed by atoms with Crippen LogP contribution in [0.15, 0.2) is 97.3 Å². The molecule has 188 valence electrons. The van der Waals surface area contributed by atoms with Crippen LogP contribution in [0.1, 0.15) is 41.5 Å². The molecule has 0 radical (unpaired) electrons. The summed E-state index contributed by atoms with van der Waals surface area (Å²) in [4.78, 5) is 22.7. The first-order valence-corrected chi connectivity index (χ1v) is 12.9. The topological polar surface area (TPSA) is 107 Å². The number of fused-ring (bicyclic) bond motifs is 1. The molecule has 0 spiro atoms. The molecule has 39 heavy (non-hydrogen) atoms. The SMILES string of the molecule is CC1(C(=O)Nc2n[nH]c(-c3cccc(-c4ccncc4)c3)n2)CC2(C#N)c3ccccc3C1c1ccccc12. The highest BCUT2D eigenvalue weighted by Gasteiger charge is 2.61. The van der Waals surface area contributed by atoms with E-state index >= 15 is 0 Å². The first kappa shape index (κ1) is 23.1. The summed E-state index contributed by atoms with van der Waals surface area (Å²) >= 11 is 0. The van der Waals surface area contributed by atoms with E-state index in [1.54, 1.807) is 12.4 Å². The van der Waals surface area contributed by atoms with Crippen LogP contribution in [0.3, 0.4) is 0 Å². The zero-order valence-electron chi connectivity index (χ0n) is 21.2. The third-order valence-corrected chi connectivity index (χ3v) is 8.30. The van der Waals surface area contributed by atoms with Gasteiger partial charge in [0.05, 0.1) is 11.5 Å². The predicted octanol–water partition coefficient (Wildman–Crippen LogP) is 5.84. The second-order valence-electron chi connectivity index (χ2n) is 10.5. The minimum atomic E-state index is -0.897. The predicted molar refractivity (Wildman–Crippen MR) is 148 cm³/mol. The lowest BCUT2D eigenvalue weighted by atomic mass is 9.47. The average Bonchev–Trinajstić information content (AvgIpc) is 3.46. The number of nitriles is 1. The van der Waals surface area contributed by atoms with E-state index in [9.17, 15) is 10.1 Å². The van der Waals surface area contributed by atoms with E-state index in [1.165, 1.54) is 0 Å². The number of aromatic nitrogens is 4. The molecular weight excluding hydrogens is 484 g/mol. The molecule has 1 atom stereocenters. The van der Waals surface area contributed by atoms with Crippen molar-refractivity contribution in [3.8, 4) is 28.6 Å². The van der Waals surface area contributed by atoms with Crippen LogP contribution in [0.2, 0.25) is 0 Å². The second kappa shape index (κ2) is 8.47. The molecule has 3 aromatic carbocycles. The Morgan fingerprint density at radius 2 is 1.59 bits per heavy atom. The van der Waals surface area contributed by atoms with Crippen LogP contribution in [0.4, 0.5) is 5.95 Å². The number of aromatic amines is 1. The van der Waals surface area contributed by atoms with Crippen molar-refractivity contribution in [3.63, 3.8) is 0 Å². The average molecular weight is 509 g/mol. The fourth-order valence-corrected chi connectivity index (χ4v) is 6.57. The molecule has 3 aliphatic carbocycles. The molecule has 7 nitrogen and oxygen atoms in total. The van der Waals surface area contributed by atoms with Crippen LogP contribution in [0.5, 0.6) is 0 Å². The van der Waals surface area contributed by atoms with Gasteiger partial charge in [-0.25, -0.2) is 0 Å². The van der Waals surface area contributed by atoms with Gasteiger partial charge in [-0.2, -0.15) is 10.2 Å². The summed E-state index contributed by atoms with van der Waals surface area (Å²) in [6.07, 6.45) is 3.90. The van der Waals surface area contributed by atoms with Gasteiger partial charge < -0.3 is 0 Å². The highest BCUT2D eigenvalue weighted by atomic mass is 16.2. The monoisotopic (exact) mass is 508 g/mol. The Labute approximate surface area is 225 Å². The summed E-state index contributed by atoms with van der Waals surface area (Å²) in [7, 11) is 0. The van der Waals surface area contributed by atoms with Gasteiger partial charge in [0.1, 0.15) is 5.41 Å². The fourth-order valence-electron chi connectivity index (χ4n) is 6.57. The van der Waals surface area contributed by atoms with Crippen LogP contribution >= 0.6 is 0 Å². The van der Waals surface area contributed by atoms with E-state index in [1.807, 2.05) is 91.9 Å². The van der Waals surface area contributed by atoms with Gasteiger partial charge in [0, 0.05) is 23.9 Å². The number of anilines is 1. The van der Waals surface area contributed by atoms with Gasteiger partial charge in [-0.15, -0.1) is 5.10 Å². The molecule has 0 fully saturated rings. The Kier molecular flexibility index (Phi) is 5.01. The van der Waals surface area contributed by atoms with Gasteiger partial charge in [-0.1, -0.05) is 66.7 Å². The Hall–Kier alpha value is -5.09. The van der Waals surface area contributed by atoms with Crippen LogP contribution in [0, 0.1) is 16.7 Å². The molecule has 7 heteroatoms. The standard InChI is InChI=1S/C32H24N6O/c1-31(18-32(19-33)25-11-4-2-9-23(25)27(31)24-10-3-5-12-26(24)32)29(39)36-30-35-28(37-38-30)22-8-6-7-21(17-22)20-13-15-34-16-14-20/h2-17,27H,18H2,1H3,(H2,35,36,37,38,39). The molecule has 2 aromatic heterocycles. The molecule has 1 amide bonds. The molecule has 2 heterocycles. The van der Waals surface area contributed by atoms with Crippen LogP contribution in [0.25, 0.3) is 22.5 Å². The van der Waals surface area contributed by atoms with Crippen molar-refractivity contribution in [1.29, 1.82) is 5.26 Å². The van der Waals surface area contributed by atoms with E-state index in [4.69, 9.17) is 0 Å². The van der Waals surface area contributed by atoms with Gasteiger partial charge in [0.15, 0.2) is 5.82 Å². The van der Waals surface area contributed by atoms with Crippen molar-refractivity contribution in [2.75, 3.05) is 5.32 Å². The minimum absolute atomic E-state index is 0.185. The molecule has 5 aromatic rings. The second-order valence-corrected chi connectivity index (χ2v) is 10.5. The van der Waals surface area contributed by atoms with Crippen molar-refractivity contribution in [2.45, 2.75) is 24.7 Å². The zero-order chi connectivity index (χ0) is 26.6. The molecular formula is C32H24N6O. The number of nitrogens with one attached hydrogen (secondary N) is 2. The maximum absolute atomic E-state index is 14.0. The third kappa shape index (κ3) is 3.35. The van der Waals surface area contributed by atoms with Crippen LogP contribution in [-0.2, 0) is 10.2 Å². The molecule has 2 N–H and O–H groups in total. The first-order chi connectivity index (χ1) is 19.0. The number of benzene rings is 3. The maximum atomic E-state index is 14.0. The summed E-state index contributed by atoms with van der Waals surface area (Å²) in [6.45, 7) is 1.96. The maximum Gasteiger partial charge on any atom is 0.249 e. The quantitative estimate of drug-likeness (QED) is 0.317. The summed E-state index contributed by atoms with van der Waals surface area (Å²) < 4.78 is 0.